The monoisotopic (exact) mass is 656 g/mol. The molecule has 2 saturated heterocycles. The van der Waals surface area contributed by atoms with Crippen LogP contribution in [0.25, 0.3) is 0 Å². The van der Waals surface area contributed by atoms with Gasteiger partial charge in [-0.05, 0) is 64.9 Å². The van der Waals surface area contributed by atoms with Crippen LogP contribution in [0.3, 0.4) is 0 Å². The lowest BCUT2D eigenvalue weighted by Crippen LogP contribution is -2.50. The van der Waals surface area contributed by atoms with Crippen molar-refractivity contribution in [2.75, 3.05) is 62.7 Å². The maximum atomic E-state index is 14.8. The molecule has 4 amide bonds. The molecule has 10 nitrogen and oxygen atoms in total. The first-order valence-electron chi connectivity index (χ1n) is 14.5. The summed E-state index contributed by atoms with van der Waals surface area (Å²) in [7, 11) is 1.31. The topological polar surface area (TPSA) is 89.5 Å². The fourth-order valence-electron chi connectivity index (χ4n) is 5.28. The van der Waals surface area contributed by atoms with Crippen molar-refractivity contribution in [2.24, 2.45) is 0 Å². The van der Waals surface area contributed by atoms with E-state index in [2.05, 4.69) is 9.88 Å². The summed E-state index contributed by atoms with van der Waals surface area (Å²) in [6, 6.07) is 3.74. The first kappa shape index (κ1) is 34.2. The van der Waals surface area contributed by atoms with Crippen molar-refractivity contribution in [2.45, 2.75) is 51.9 Å². The van der Waals surface area contributed by atoms with E-state index in [1.165, 1.54) is 37.1 Å². The van der Waals surface area contributed by atoms with E-state index in [0.29, 0.717) is 39.1 Å². The van der Waals surface area contributed by atoms with E-state index >= 15 is 0 Å². The Balaban J connectivity index is 1.49. The van der Waals surface area contributed by atoms with E-state index in [1.807, 2.05) is 0 Å². The number of aryl methyl sites for hydroxylation is 1. The summed E-state index contributed by atoms with van der Waals surface area (Å²) in [5.41, 5.74) is -1.74. The van der Waals surface area contributed by atoms with Crippen LogP contribution in [0.2, 0.25) is 5.02 Å². The smallest absolute Gasteiger partial charge is 0.416 e. The Morgan fingerprint density at radius 3 is 2.38 bits per heavy atom. The number of hydrogen-bond donors (Lipinski definition) is 0. The second kappa shape index (κ2) is 13.4. The minimum atomic E-state index is -4.71. The summed E-state index contributed by atoms with van der Waals surface area (Å²) in [6.45, 7) is 9.58. The van der Waals surface area contributed by atoms with Gasteiger partial charge in [0.25, 0.3) is 5.91 Å². The number of rotatable bonds is 7. The zero-order chi connectivity index (χ0) is 33.3. The van der Waals surface area contributed by atoms with Gasteiger partial charge in [0.2, 0.25) is 0 Å². The highest BCUT2D eigenvalue weighted by atomic mass is 35.5. The van der Waals surface area contributed by atoms with Crippen molar-refractivity contribution >= 4 is 41.1 Å². The van der Waals surface area contributed by atoms with Gasteiger partial charge in [0, 0.05) is 45.5 Å². The summed E-state index contributed by atoms with van der Waals surface area (Å²) in [4.78, 5) is 51.1. The van der Waals surface area contributed by atoms with Crippen LogP contribution in [0.15, 0.2) is 30.3 Å². The Hall–Kier alpha value is -3.65. The van der Waals surface area contributed by atoms with Crippen molar-refractivity contribution in [1.29, 1.82) is 0 Å². The number of alkyl halides is 3. The number of nitrogens with zero attached hydrogens (tertiary/aromatic N) is 6. The Morgan fingerprint density at radius 2 is 1.76 bits per heavy atom. The maximum absolute atomic E-state index is 14.8. The fourth-order valence-corrected chi connectivity index (χ4v) is 5.45. The largest absolute Gasteiger partial charge is 0.444 e. The second-order valence-electron chi connectivity index (χ2n) is 12.1. The molecule has 0 aliphatic carbocycles. The third kappa shape index (κ3) is 8.15. The molecule has 2 aliphatic rings. The summed E-state index contributed by atoms with van der Waals surface area (Å²) in [5.74, 6) is -1.89. The number of likely N-dealkylation sites (N-methyl/N-ethyl adjacent to an activating group) is 1. The molecule has 0 N–H and O–H groups in total. The number of urea groups is 1. The van der Waals surface area contributed by atoms with Crippen molar-refractivity contribution in [3.63, 3.8) is 0 Å². The number of piperazine rings is 1. The predicted octanol–water partition coefficient (Wildman–Crippen LogP) is 5.42. The lowest BCUT2D eigenvalue weighted by molar-refractivity contribution is -0.137. The maximum Gasteiger partial charge on any atom is 0.416 e. The molecule has 246 valence electrons. The van der Waals surface area contributed by atoms with Crippen LogP contribution in [0.4, 0.5) is 38.7 Å². The number of benzene rings is 1. The zero-order valence-corrected chi connectivity index (χ0v) is 26.6. The van der Waals surface area contributed by atoms with E-state index in [-0.39, 0.29) is 41.4 Å². The molecule has 45 heavy (non-hydrogen) atoms. The number of anilines is 2. The van der Waals surface area contributed by atoms with E-state index in [4.69, 9.17) is 16.3 Å². The number of halogens is 5. The molecule has 0 spiro atoms. The van der Waals surface area contributed by atoms with Crippen molar-refractivity contribution < 1.29 is 36.7 Å². The molecule has 0 bridgehead atoms. The van der Waals surface area contributed by atoms with Gasteiger partial charge in [-0.2, -0.15) is 13.2 Å². The number of ether oxygens (including phenoxy) is 1. The van der Waals surface area contributed by atoms with Gasteiger partial charge in [-0.1, -0.05) is 17.7 Å². The number of carbonyl (C=O) groups excluding carboxylic acids is 3. The summed E-state index contributed by atoms with van der Waals surface area (Å²) >= 11 is 5.91. The van der Waals surface area contributed by atoms with Crippen molar-refractivity contribution in [1.82, 2.24) is 19.7 Å². The van der Waals surface area contributed by atoms with Gasteiger partial charge in [0.05, 0.1) is 22.8 Å². The molecule has 2 aromatic rings. The third-order valence-corrected chi connectivity index (χ3v) is 7.82. The first-order valence-corrected chi connectivity index (χ1v) is 14.9. The Labute approximate surface area is 264 Å². The molecule has 3 heterocycles. The van der Waals surface area contributed by atoms with E-state index < -0.39 is 41.1 Å². The number of hydrogen-bond acceptors (Lipinski definition) is 6. The summed E-state index contributed by atoms with van der Waals surface area (Å²) in [6.07, 6.45) is -4.58. The van der Waals surface area contributed by atoms with Crippen LogP contribution in [0.1, 0.15) is 38.4 Å². The van der Waals surface area contributed by atoms with Crippen LogP contribution >= 0.6 is 11.6 Å². The van der Waals surface area contributed by atoms with Crippen LogP contribution in [-0.4, -0.2) is 102 Å². The highest BCUT2D eigenvalue weighted by Crippen LogP contribution is 2.34. The average Bonchev–Trinajstić information content (AvgIpc) is 3.28. The number of carbonyl (C=O) groups is 3. The molecule has 0 saturated carbocycles. The quantitative estimate of drug-likeness (QED) is 0.370. The van der Waals surface area contributed by atoms with Gasteiger partial charge in [0.15, 0.2) is 5.82 Å². The predicted molar refractivity (Wildman–Crippen MR) is 161 cm³/mol. The van der Waals surface area contributed by atoms with E-state index in [1.54, 1.807) is 25.7 Å². The molecule has 15 heteroatoms. The Bertz CT molecular complexity index is 1430. The third-order valence-electron chi connectivity index (χ3n) is 7.53. The number of amides is 4. The molecule has 4 rings (SSSR count). The first-order chi connectivity index (χ1) is 21.0. The molecular weight excluding hydrogens is 620 g/mol. The molecule has 1 atom stereocenters. The molecule has 0 unspecified atom stereocenters. The normalized spacial score (nSPS) is 18.0. The lowest BCUT2D eigenvalue weighted by Gasteiger charge is -2.35. The van der Waals surface area contributed by atoms with E-state index in [9.17, 15) is 31.9 Å². The molecule has 2 aliphatic heterocycles. The highest BCUT2D eigenvalue weighted by Gasteiger charge is 2.45. The molecule has 0 radical (unpaired) electrons. The Morgan fingerprint density at radius 1 is 1.09 bits per heavy atom. The molecular formula is C30H37ClF4N6O4. The average molecular weight is 657 g/mol. The fraction of sp³-hybridized carbons (Fsp3) is 0.533. The van der Waals surface area contributed by atoms with Crippen molar-refractivity contribution in [3.05, 3.63) is 52.4 Å². The number of pyridine rings is 1. The zero-order valence-electron chi connectivity index (χ0n) is 25.8. The number of aromatic nitrogens is 1. The van der Waals surface area contributed by atoms with Crippen molar-refractivity contribution in [3.8, 4) is 0 Å². The lowest BCUT2D eigenvalue weighted by atomic mass is 10.1. The minimum Gasteiger partial charge on any atom is -0.444 e. The molecule has 1 aromatic heterocycles. The van der Waals surface area contributed by atoms with Gasteiger partial charge in [0.1, 0.15) is 17.5 Å². The SMILES string of the molecule is Cc1cc(C(F)(F)F)cc(N2C(=O)N(CCCN3CCN(C(=O)OC(C)(C)C)CC3)C[C@H]2C(=O)N(C)c2cccc(Cl)c2F)n1. The van der Waals surface area contributed by atoms with Gasteiger partial charge < -0.3 is 19.4 Å². The van der Waals surface area contributed by atoms with Gasteiger partial charge in [-0.15, -0.1) is 0 Å². The van der Waals surface area contributed by atoms with Crippen LogP contribution in [0, 0.1) is 12.7 Å². The molecule has 1 aromatic carbocycles. The summed E-state index contributed by atoms with van der Waals surface area (Å²) in [5, 5.41) is -0.213. The van der Waals surface area contributed by atoms with Crippen LogP contribution in [-0.2, 0) is 15.7 Å². The summed E-state index contributed by atoms with van der Waals surface area (Å²) < 4.78 is 61.3. The Kier molecular flexibility index (Phi) is 10.2. The van der Waals surface area contributed by atoms with Crippen LogP contribution in [0.5, 0.6) is 0 Å². The van der Waals surface area contributed by atoms with Gasteiger partial charge in [-0.3, -0.25) is 14.6 Å². The van der Waals surface area contributed by atoms with Gasteiger partial charge >= 0.3 is 18.3 Å². The van der Waals surface area contributed by atoms with E-state index in [0.717, 1.165) is 21.9 Å². The standard InChI is InChI=1S/C30H37ClF4N6O4/c1-19-16-20(30(33,34)35)17-24(36-19)41-23(26(42)37(5)22-9-6-8-21(31)25(22)32)18-40(27(41)43)11-7-10-38-12-14-39(15-13-38)28(44)45-29(2,3)4/h6,8-9,16-17,23H,7,10-15,18H2,1-5H3/t23-/m0/s1. The van der Waals surface area contributed by atoms with Crippen LogP contribution < -0.4 is 9.80 Å². The van der Waals surface area contributed by atoms with Gasteiger partial charge in [-0.25, -0.2) is 19.0 Å². The second-order valence-corrected chi connectivity index (χ2v) is 12.5. The highest BCUT2D eigenvalue weighted by molar-refractivity contribution is 6.31. The minimum absolute atomic E-state index is 0.0111. The molecule has 2 fully saturated rings.